The highest BCUT2D eigenvalue weighted by Crippen LogP contribution is 2.17. The first kappa shape index (κ1) is 12.0. The molecule has 2 heteroatoms. The van der Waals surface area contributed by atoms with Gasteiger partial charge in [-0.25, -0.2) is 0 Å². The van der Waals surface area contributed by atoms with Crippen LogP contribution in [0.5, 0.6) is 0 Å². The Morgan fingerprint density at radius 1 is 1.17 bits per heavy atom. The minimum atomic E-state index is -0.112. The van der Waals surface area contributed by atoms with Gasteiger partial charge in [0.25, 0.3) is 0 Å². The SMILES string of the molecule is [B]C(CCC)CCCC(O)CC. The quantitative estimate of drug-likeness (QED) is 0.579. The first-order valence-electron chi connectivity index (χ1n) is 5.14. The van der Waals surface area contributed by atoms with E-state index < -0.39 is 0 Å². The maximum atomic E-state index is 9.26. The first-order valence-corrected chi connectivity index (χ1v) is 5.14. The zero-order valence-electron chi connectivity index (χ0n) is 8.42. The predicted octanol–water partition coefficient (Wildman–Crippen LogP) is 2.68. The molecule has 2 unspecified atom stereocenters. The normalized spacial score (nSPS) is 15.9. The Morgan fingerprint density at radius 2 is 1.83 bits per heavy atom. The highest BCUT2D eigenvalue weighted by molar-refractivity contribution is 6.11. The highest BCUT2D eigenvalue weighted by atomic mass is 16.3. The topological polar surface area (TPSA) is 20.2 Å². The van der Waals surface area contributed by atoms with Crippen LogP contribution in [0.2, 0.25) is 5.82 Å². The smallest absolute Gasteiger partial charge is 0.0699 e. The Hall–Kier alpha value is 0.0249. The molecule has 1 nitrogen and oxygen atoms in total. The summed E-state index contributed by atoms with van der Waals surface area (Å²) in [7, 11) is 5.83. The van der Waals surface area contributed by atoms with Crippen molar-refractivity contribution in [1.29, 1.82) is 0 Å². The van der Waals surface area contributed by atoms with Crippen LogP contribution in [-0.2, 0) is 0 Å². The third-order valence-electron chi connectivity index (χ3n) is 2.24. The molecule has 0 rings (SSSR count). The molecule has 0 aromatic heterocycles. The molecule has 0 saturated heterocycles. The molecule has 0 aromatic carbocycles. The van der Waals surface area contributed by atoms with Gasteiger partial charge < -0.3 is 5.11 Å². The van der Waals surface area contributed by atoms with E-state index in [1.54, 1.807) is 0 Å². The summed E-state index contributed by atoms with van der Waals surface area (Å²) in [4.78, 5) is 0. The maximum Gasteiger partial charge on any atom is 0.0699 e. The number of aliphatic hydroxyl groups excluding tert-OH is 1. The van der Waals surface area contributed by atoms with Gasteiger partial charge in [0, 0.05) is 0 Å². The third kappa shape index (κ3) is 6.72. The Labute approximate surface area is 78.0 Å². The largest absolute Gasteiger partial charge is 0.393 e. The summed E-state index contributed by atoms with van der Waals surface area (Å²) < 4.78 is 0. The van der Waals surface area contributed by atoms with Crippen LogP contribution >= 0.6 is 0 Å². The van der Waals surface area contributed by atoms with Gasteiger partial charge in [0.05, 0.1) is 14.0 Å². The van der Waals surface area contributed by atoms with Crippen LogP contribution in [0.1, 0.15) is 52.4 Å². The fraction of sp³-hybridized carbons (Fsp3) is 1.00. The minimum Gasteiger partial charge on any atom is -0.393 e. The molecule has 2 atom stereocenters. The number of rotatable bonds is 7. The maximum absolute atomic E-state index is 9.26. The van der Waals surface area contributed by atoms with Gasteiger partial charge in [0.1, 0.15) is 0 Å². The monoisotopic (exact) mass is 168 g/mol. The molecular formula is C10H21BO. The van der Waals surface area contributed by atoms with Crippen molar-refractivity contribution in [3.05, 3.63) is 0 Å². The highest BCUT2D eigenvalue weighted by Gasteiger charge is 2.03. The lowest BCUT2D eigenvalue weighted by Crippen LogP contribution is -2.04. The lowest BCUT2D eigenvalue weighted by Gasteiger charge is -2.11. The Morgan fingerprint density at radius 3 is 2.33 bits per heavy atom. The van der Waals surface area contributed by atoms with E-state index in [-0.39, 0.29) is 6.10 Å². The van der Waals surface area contributed by atoms with Crippen LogP contribution in [0.3, 0.4) is 0 Å². The van der Waals surface area contributed by atoms with Crippen molar-refractivity contribution in [2.75, 3.05) is 0 Å². The van der Waals surface area contributed by atoms with Gasteiger partial charge in [-0.15, -0.1) is 0 Å². The lowest BCUT2D eigenvalue weighted by atomic mass is 9.79. The summed E-state index contributed by atoms with van der Waals surface area (Å²) in [5.74, 6) is 0.346. The van der Waals surface area contributed by atoms with Crippen molar-refractivity contribution in [3.63, 3.8) is 0 Å². The molecule has 0 aliphatic rings. The second kappa shape index (κ2) is 7.66. The van der Waals surface area contributed by atoms with Gasteiger partial charge in [0.15, 0.2) is 0 Å². The molecule has 0 saturated carbocycles. The summed E-state index contributed by atoms with van der Waals surface area (Å²) in [6.07, 6.45) is 6.07. The molecule has 0 aliphatic carbocycles. The number of aliphatic hydroxyl groups is 1. The molecule has 0 heterocycles. The standard InChI is InChI=1S/C10H21BO/c1-3-6-9(11)7-5-8-10(12)4-2/h9-10,12H,3-8H2,1-2H3. The molecule has 2 radical (unpaired) electrons. The first-order chi connectivity index (χ1) is 5.70. The second-order valence-electron chi connectivity index (χ2n) is 3.54. The van der Waals surface area contributed by atoms with Crippen LogP contribution in [-0.4, -0.2) is 19.1 Å². The van der Waals surface area contributed by atoms with E-state index >= 15 is 0 Å². The fourth-order valence-electron chi connectivity index (χ4n) is 1.33. The van der Waals surface area contributed by atoms with Crippen molar-refractivity contribution >= 4 is 7.85 Å². The van der Waals surface area contributed by atoms with Crippen molar-refractivity contribution in [3.8, 4) is 0 Å². The molecule has 12 heavy (non-hydrogen) atoms. The Bertz CT molecular complexity index is 95.8. The Balaban J connectivity index is 3.18. The van der Waals surface area contributed by atoms with Gasteiger partial charge >= 0.3 is 0 Å². The minimum absolute atomic E-state index is 0.112. The fourth-order valence-corrected chi connectivity index (χ4v) is 1.33. The van der Waals surface area contributed by atoms with Crippen LogP contribution in [0.4, 0.5) is 0 Å². The van der Waals surface area contributed by atoms with Crippen LogP contribution < -0.4 is 0 Å². The average Bonchev–Trinajstić information content (AvgIpc) is 2.04. The van der Waals surface area contributed by atoms with Gasteiger partial charge in [-0.05, 0) is 12.8 Å². The number of hydrogen-bond acceptors (Lipinski definition) is 1. The van der Waals surface area contributed by atoms with E-state index in [0.717, 1.165) is 38.5 Å². The van der Waals surface area contributed by atoms with Gasteiger partial charge in [0.2, 0.25) is 0 Å². The number of hydrogen-bond donors (Lipinski definition) is 1. The molecule has 0 fully saturated rings. The van der Waals surface area contributed by atoms with E-state index in [4.69, 9.17) is 7.85 Å². The van der Waals surface area contributed by atoms with Crippen LogP contribution in [0, 0.1) is 0 Å². The van der Waals surface area contributed by atoms with E-state index in [9.17, 15) is 5.11 Å². The summed E-state index contributed by atoms with van der Waals surface area (Å²) in [5.41, 5.74) is 0. The third-order valence-corrected chi connectivity index (χ3v) is 2.24. The van der Waals surface area contributed by atoms with E-state index in [1.165, 1.54) is 0 Å². The summed E-state index contributed by atoms with van der Waals surface area (Å²) in [5, 5.41) is 9.26. The van der Waals surface area contributed by atoms with E-state index in [0.29, 0.717) is 5.82 Å². The van der Waals surface area contributed by atoms with E-state index in [2.05, 4.69) is 6.92 Å². The summed E-state index contributed by atoms with van der Waals surface area (Å²) in [6.45, 7) is 4.16. The average molecular weight is 168 g/mol. The van der Waals surface area contributed by atoms with Gasteiger partial charge in [-0.2, -0.15) is 0 Å². The molecular weight excluding hydrogens is 147 g/mol. The van der Waals surface area contributed by atoms with Gasteiger partial charge in [-0.3, -0.25) is 0 Å². The molecule has 0 aliphatic heterocycles. The zero-order valence-corrected chi connectivity index (χ0v) is 8.42. The van der Waals surface area contributed by atoms with E-state index in [1.807, 2.05) is 6.92 Å². The van der Waals surface area contributed by atoms with Gasteiger partial charge in [-0.1, -0.05) is 45.3 Å². The van der Waals surface area contributed by atoms with Crippen molar-refractivity contribution in [2.45, 2.75) is 64.3 Å². The Kier molecular flexibility index (Phi) is 7.68. The van der Waals surface area contributed by atoms with Crippen LogP contribution in [0.25, 0.3) is 0 Å². The zero-order chi connectivity index (χ0) is 9.40. The molecule has 1 N–H and O–H groups in total. The molecule has 0 aromatic rings. The predicted molar refractivity (Wildman–Crippen MR) is 54.6 cm³/mol. The summed E-state index contributed by atoms with van der Waals surface area (Å²) >= 11 is 0. The lowest BCUT2D eigenvalue weighted by molar-refractivity contribution is 0.156. The molecule has 0 spiro atoms. The van der Waals surface area contributed by atoms with Crippen molar-refractivity contribution in [1.82, 2.24) is 0 Å². The molecule has 70 valence electrons. The van der Waals surface area contributed by atoms with Crippen molar-refractivity contribution in [2.24, 2.45) is 0 Å². The molecule has 0 amide bonds. The second-order valence-corrected chi connectivity index (χ2v) is 3.54. The molecule has 0 bridgehead atoms. The summed E-state index contributed by atoms with van der Waals surface area (Å²) in [6, 6.07) is 0. The van der Waals surface area contributed by atoms with Crippen molar-refractivity contribution < 1.29 is 5.11 Å². The van der Waals surface area contributed by atoms with Crippen LogP contribution in [0.15, 0.2) is 0 Å².